The first-order chi connectivity index (χ1) is 14.4. The molecule has 1 saturated heterocycles. The number of alkyl halides is 3. The Morgan fingerprint density at radius 2 is 1.90 bits per heavy atom. The van der Waals surface area contributed by atoms with Crippen molar-refractivity contribution in [3.63, 3.8) is 0 Å². The molecule has 1 aliphatic carbocycles. The Bertz CT molecular complexity index is 905. The van der Waals surface area contributed by atoms with Crippen molar-refractivity contribution in [2.24, 2.45) is 7.05 Å². The number of nitrogens with one attached hydrogen (secondary N) is 1. The van der Waals surface area contributed by atoms with Gasteiger partial charge in [0.25, 0.3) is 0 Å². The molecule has 6 nitrogen and oxygen atoms in total. The van der Waals surface area contributed by atoms with Gasteiger partial charge in [0, 0.05) is 18.7 Å². The molecule has 3 rings (SSSR count). The minimum atomic E-state index is -4.55. The standard InChI is InChI=1S/C22H30F3N5O/c1-6-7-8-9-16(2)21(28(3)4)12-10-20(11-13-21)15-30(19(31)26-20)18-14-17(22(23,24)25)27-29(18)5/h6-9,14H,1,10-13,15H2,2-5H3,(H,26,31)/b8-7-,16-9+/t20-,21+. The van der Waals surface area contributed by atoms with E-state index in [4.69, 9.17) is 0 Å². The fourth-order valence-electron chi connectivity index (χ4n) is 4.79. The van der Waals surface area contributed by atoms with E-state index < -0.39 is 17.4 Å². The summed E-state index contributed by atoms with van der Waals surface area (Å²) in [4.78, 5) is 16.3. The summed E-state index contributed by atoms with van der Waals surface area (Å²) in [7, 11) is 5.53. The van der Waals surface area contributed by atoms with Crippen LogP contribution in [-0.4, -0.2) is 52.4 Å². The maximum absolute atomic E-state index is 13.0. The fraction of sp³-hybridized carbons (Fsp3) is 0.545. The topological polar surface area (TPSA) is 53.4 Å². The second-order valence-corrected chi connectivity index (χ2v) is 8.70. The largest absolute Gasteiger partial charge is 0.435 e. The average Bonchev–Trinajstić information content (AvgIpc) is 3.22. The first-order valence-electron chi connectivity index (χ1n) is 10.3. The minimum Gasteiger partial charge on any atom is -0.330 e. The van der Waals surface area contributed by atoms with Crippen LogP contribution in [0.4, 0.5) is 23.8 Å². The molecule has 0 unspecified atom stereocenters. The summed E-state index contributed by atoms with van der Waals surface area (Å²) in [5.74, 6) is 0.150. The Hall–Kier alpha value is -2.55. The molecule has 9 heteroatoms. The van der Waals surface area contributed by atoms with Gasteiger partial charge in [-0.15, -0.1) is 0 Å². The van der Waals surface area contributed by atoms with Gasteiger partial charge in [-0.05, 0) is 46.7 Å². The molecule has 1 saturated carbocycles. The summed E-state index contributed by atoms with van der Waals surface area (Å²) in [6.07, 6.45) is 6.24. The zero-order valence-corrected chi connectivity index (χ0v) is 18.5. The van der Waals surface area contributed by atoms with Crippen molar-refractivity contribution in [2.75, 3.05) is 25.5 Å². The molecule has 1 spiro atoms. The summed E-state index contributed by atoms with van der Waals surface area (Å²) >= 11 is 0. The number of hydrogen-bond donors (Lipinski definition) is 1. The van der Waals surface area contributed by atoms with Crippen molar-refractivity contribution in [2.45, 2.75) is 49.9 Å². The van der Waals surface area contributed by atoms with Gasteiger partial charge in [-0.25, -0.2) is 4.79 Å². The van der Waals surface area contributed by atoms with Crippen LogP contribution in [0.1, 0.15) is 38.3 Å². The summed E-state index contributed by atoms with van der Waals surface area (Å²) in [5, 5.41) is 6.60. The van der Waals surface area contributed by atoms with Crippen LogP contribution in [0, 0.1) is 0 Å². The molecule has 0 radical (unpaired) electrons. The van der Waals surface area contributed by atoms with E-state index in [-0.39, 0.29) is 17.4 Å². The predicted molar refractivity (Wildman–Crippen MR) is 115 cm³/mol. The fourth-order valence-corrected chi connectivity index (χ4v) is 4.79. The van der Waals surface area contributed by atoms with Crippen molar-refractivity contribution in [1.82, 2.24) is 20.0 Å². The molecule has 31 heavy (non-hydrogen) atoms. The van der Waals surface area contributed by atoms with Gasteiger partial charge in [0.15, 0.2) is 5.69 Å². The first kappa shape index (κ1) is 23.1. The Morgan fingerprint density at radius 3 is 2.42 bits per heavy atom. The molecular weight excluding hydrogens is 407 g/mol. The molecular formula is C22H30F3N5O. The zero-order chi connectivity index (χ0) is 23.0. The van der Waals surface area contributed by atoms with E-state index in [0.717, 1.165) is 36.4 Å². The van der Waals surface area contributed by atoms with Crippen LogP contribution in [0.3, 0.4) is 0 Å². The normalized spacial score (nSPS) is 27.5. The monoisotopic (exact) mass is 437 g/mol. The van der Waals surface area contributed by atoms with E-state index >= 15 is 0 Å². The SMILES string of the molecule is C=C/C=C\C=C(/C)[C@]1(N(C)C)CC[C@@]2(CC1)CN(c1cc(C(F)(F)F)nn1C)C(=O)N2. The summed E-state index contributed by atoms with van der Waals surface area (Å²) < 4.78 is 40.3. The molecule has 2 amide bonds. The molecule has 2 aliphatic rings. The lowest BCUT2D eigenvalue weighted by Gasteiger charge is -2.49. The number of hydrogen-bond acceptors (Lipinski definition) is 3. The number of urea groups is 1. The molecule has 1 N–H and O–H groups in total. The number of carbonyl (C=O) groups is 1. The lowest BCUT2D eigenvalue weighted by Crippen LogP contribution is -2.56. The van der Waals surface area contributed by atoms with Gasteiger partial charge in [-0.3, -0.25) is 14.5 Å². The summed E-state index contributed by atoms with van der Waals surface area (Å²) in [6, 6.07) is 0.555. The quantitative estimate of drug-likeness (QED) is 0.700. The number of allylic oxidation sites excluding steroid dienone is 4. The number of rotatable bonds is 5. The number of halogens is 3. The lowest BCUT2D eigenvalue weighted by atomic mass is 9.68. The molecule has 0 bridgehead atoms. The van der Waals surface area contributed by atoms with Crippen LogP contribution in [0.25, 0.3) is 0 Å². The molecule has 0 atom stereocenters. The molecule has 170 valence electrons. The minimum absolute atomic E-state index is 0.134. The van der Waals surface area contributed by atoms with Crippen molar-refractivity contribution in [3.8, 4) is 0 Å². The maximum Gasteiger partial charge on any atom is 0.435 e. The van der Waals surface area contributed by atoms with Crippen LogP contribution >= 0.6 is 0 Å². The summed E-state index contributed by atoms with van der Waals surface area (Å²) in [5.41, 5.74) is -0.364. The number of carbonyl (C=O) groups excluding carboxylic acids is 1. The Labute approximate surface area is 181 Å². The first-order valence-corrected chi connectivity index (χ1v) is 10.3. The van der Waals surface area contributed by atoms with E-state index in [1.807, 2.05) is 12.2 Å². The van der Waals surface area contributed by atoms with Gasteiger partial charge < -0.3 is 5.32 Å². The number of aromatic nitrogens is 2. The number of likely N-dealkylation sites (N-methyl/N-ethyl adjacent to an activating group) is 1. The van der Waals surface area contributed by atoms with Crippen LogP contribution < -0.4 is 10.2 Å². The summed E-state index contributed by atoms with van der Waals surface area (Å²) in [6.45, 7) is 6.13. The van der Waals surface area contributed by atoms with Crippen LogP contribution in [0.2, 0.25) is 0 Å². The number of nitrogens with zero attached hydrogens (tertiary/aromatic N) is 4. The molecule has 0 aromatic carbocycles. The third kappa shape index (κ3) is 4.28. The van der Waals surface area contributed by atoms with Gasteiger partial charge in [0.2, 0.25) is 0 Å². The third-order valence-corrected chi connectivity index (χ3v) is 6.72. The van der Waals surface area contributed by atoms with Crippen LogP contribution in [0.5, 0.6) is 0 Å². The highest BCUT2D eigenvalue weighted by Crippen LogP contribution is 2.44. The van der Waals surface area contributed by atoms with Gasteiger partial charge in [-0.1, -0.05) is 36.5 Å². The predicted octanol–water partition coefficient (Wildman–Crippen LogP) is 4.27. The zero-order valence-electron chi connectivity index (χ0n) is 18.5. The van der Waals surface area contributed by atoms with E-state index in [2.05, 4.69) is 49.0 Å². The highest BCUT2D eigenvalue weighted by molar-refractivity contribution is 5.94. The second-order valence-electron chi connectivity index (χ2n) is 8.70. The van der Waals surface area contributed by atoms with Gasteiger partial charge in [-0.2, -0.15) is 18.3 Å². The van der Waals surface area contributed by atoms with Crippen molar-refractivity contribution < 1.29 is 18.0 Å². The third-order valence-electron chi connectivity index (χ3n) is 6.72. The van der Waals surface area contributed by atoms with Crippen LogP contribution in [0.15, 0.2) is 42.5 Å². The highest BCUT2D eigenvalue weighted by atomic mass is 19.4. The molecule has 2 fully saturated rings. The van der Waals surface area contributed by atoms with Crippen molar-refractivity contribution in [3.05, 3.63) is 48.2 Å². The average molecular weight is 438 g/mol. The van der Waals surface area contributed by atoms with Gasteiger partial charge >= 0.3 is 12.2 Å². The number of aryl methyl sites for hydroxylation is 1. The highest BCUT2D eigenvalue weighted by Gasteiger charge is 2.51. The second kappa shape index (κ2) is 8.18. The van der Waals surface area contributed by atoms with E-state index in [0.29, 0.717) is 6.54 Å². The van der Waals surface area contributed by atoms with Crippen molar-refractivity contribution in [1.29, 1.82) is 0 Å². The van der Waals surface area contributed by atoms with E-state index in [1.165, 1.54) is 17.5 Å². The van der Waals surface area contributed by atoms with Gasteiger partial charge in [0.1, 0.15) is 5.82 Å². The molecule has 1 aromatic heterocycles. The number of amides is 2. The number of anilines is 1. The van der Waals surface area contributed by atoms with Gasteiger partial charge in [0.05, 0.1) is 12.1 Å². The lowest BCUT2D eigenvalue weighted by molar-refractivity contribution is -0.141. The molecule has 1 aromatic rings. The maximum atomic E-state index is 13.0. The van der Waals surface area contributed by atoms with Crippen molar-refractivity contribution >= 4 is 11.8 Å². The smallest absolute Gasteiger partial charge is 0.330 e. The Morgan fingerprint density at radius 1 is 1.26 bits per heavy atom. The van der Waals surface area contributed by atoms with Crippen LogP contribution in [-0.2, 0) is 13.2 Å². The molecule has 2 heterocycles. The Kier molecular flexibility index (Phi) is 6.10. The van der Waals surface area contributed by atoms with E-state index in [9.17, 15) is 18.0 Å². The van der Waals surface area contributed by atoms with E-state index in [1.54, 1.807) is 6.08 Å². The molecule has 1 aliphatic heterocycles. The Balaban J connectivity index is 1.80.